The quantitative estimate of drug-likeness (QED) is 0.428. The van der Waals surface area contributed by atoms with Crippen LogP contribution in [0.2, 0.25) is 0 Å². The van der Waals surface area contributed by atoms with Crippen molar-refractivity contribution in [1.82, 2.24) is 5.32 Å². The highest BCUT2D eigenvalue weighted by Gasteiger charge is 2.14. The summed E-state index contributed by atoms with van der Waals surface area (Å²) >= 11 is 6.11. The molecule has 0 bridgehead atoms. The second-order valence-corrected chi connectivity index (χ2v) is 7.03. The van der Waals surface area contributed by atoms with Crippen molar-refractivity contribution in [2.24, 2.45) is 10.7 Å². The minimum absolute atomic E-state index is 0.00824. The van der Waals surface area contributed by atoms with E-state index in [1.807, 2.05) is 37.3 Å². The van der Waals surface area contributed by atoms with Gasteiger partial charge >= 0.3 is 5.97 Å². The lowest BCUT2D eigenvalue weighted by Gasteiger charge is -2.10. The van der Waals surface area contributed by atoms with Gasteiger partial charge in [0, 0.05) is 30.4 Å². The van der Waals surface area contributed by atoms with E-state index in [-0.39, 0.29) is 30.2 Å². The van der Waals surface area contributed by atoms with E-state index in [0.717, 1.165) is 18.1 Å². The van der Waals surface area contributed by atoms with Crippen molar-refractivity contribution < 1.29 is 18.7 Å². The van der Waals surface area contributed by atoms with Crippen LogP contribution in [-0.2, 0) is 16.1 Å². The SMILES string of the molecule is CCCN=C(C(Cl)=CN)c1cc(F)cc(C(=O)NCCC(=O)OCc2ccccc2)c1. The fourth-order valence-electron chi connectivity index (χ4n) is 2.66. The lowest BCUT2D eigenvalue weighted by atomic mass is 10.0. The summed E-state index contributed by atoms with van der Waals surface area (Å²) in [5.41, 5.74) is 7.09. The third-order valence-electron chi connectivity index (χ3n) is 4.16. The molecule has 0 atom stereocenters. The van der Waals surface area contributed by atoms with Gasteiger partial charge < -0.3 is 15.8 Å². The molecular formula is C23H25ClFN3O3. The predicted molar refractivity (Wildman–Crippen MR) is 119 cm³/mol. The topological polar surface area (TPSA) is 93.8 Å². The largest absolute Gasteiger partial charge is 0.461 e. The van der Waals surface area contributed by atoms with Gasteiger partial charge in [-0.3, -0.25) is 14.6 Å². The van der Waals surface area contributed by atoms with Gasteiger partial charge in [0.2, 0.25) is 0 Å². The molecule has 0 unspecified atom stereocenters. The molecule has 0 saturated carbocycles. The molecule has 0 spiro atoms. The normalized spacial score (nSPS) is 11.8. The number of aliphatic imine (C=N–C) groups is 1. The molecule has 0 aliphatic heterocycles. The fourth-order valence-corrected chi connectivity index (χ4v) is 2.82. The summed E-state index contributed by atoms with van der Waals surface area (Å²) < 4.78 is 19.3. The first-order chi connectivity index (χ1) is 14.9. The van der Waals surface area contributed by atoms with Gasteiger partial charge in [0.15, 0.2) is 0 Å². The van der Waals surface area contributed by atoms with E-state index < -0.39 is 17.7 Å². The Labute approximate surface area is 186 Å². The first kappa shape index (κ1) is 24.1. The van der Waals surface area contributed by atoms with E-state index in [2.05, 4.69) is 10.3 Å². The third kappa shape index (κ3) is 7.86. The number of benzene rings is 2. The monoisotopic (exact) mass is 445 g/mol. The van der Waals surface area contributed by atoms with E-state index in [9.17, 15) is 14.0 Å². The summed E-state index contributed by atoms with van der Waals surface area (Å²) in [4.78, 5) is 28.6. The molecule has 6 nitrogen and oxygen atoms in total. The summed E-state index contributed by atoms with van der Waals surface area (Å²) in [6, 6.07) is 13.1. The van der Waals surface area contributed by atoms with Crippen molar-refractivity contribution in [2.75, 3.05) is 13.1 Å². The molecule has 0 aliphatic carbocycles. The molecule has 164 valence electrons. The Balaban J connectivity index is 1.97. The minimum atomic E-state index is -0.615. The van der Waals surface area contributed by atoms with Crippen LogP contribution in [0.4, 0.5) is 4.39 Å². The second kappa shape index (κ2) is 12.5. The first-order valence-corrected chi connectivity index (χ1v) is 10.2. The number of nitrogens with two attached hydrogens (primary N) is 1. The number of esters is 1. The van der Waals surface area contributed by atoms with Gasteiger partial charge in [0.05, 0.1) is 17.2 Å². The van der Waals surface area contributed by atoms with Gasteiger partial charge in [-0.15, -0.1) is 0 Å². The number of carbonyl (C=O) groups excluding carboxylic acids is 2. The van der Waals surface area contributed by atoms with Gasteiger partial charge in [0.1, 0.15) is 12.4 Å². The van der Waals surface area contributed by atoms with Crippen molar-refractivity contribution in [3.63, 3.8) is 0 Å². The number of hydrogen-bond acceptors (Lipinski definition) is 5. The van der Waals surface area contributed by atoms with Crippen LogP contribution >= 0.6 is 11.6 Å². The van der Waals surface area contributed by atoms with Crippen molar-refractivity contribution in [1.29, 1.82) is 0 Å². The number of amides is 1. The standard InChI is InChI=1S/C23H25ClFN3O3/c1-2-9-27-22(20(24)14-26)17-11-18(13-19(25)12-17)23(30)28-10-8-21(29)31-15-16-6-4-3-5-7-16/h3-7,11-14H,2,8-10,15,26H2,1H3,(H,28,30). The Hall–Kier alpha value is -3.19. The van der Waals surface area contributed by atoms with E-state index in [1.54, 1.807) is 0 Å². The van der Waals surface area contributed by atoms with Gasteiger partial charge in [-0.2, -0.15) is 0 Å². The lowest BCUT2D eigenvalue weighted by Crippen LogP contribution is -2.27. The number of nitrogens with zero attached hydrogens (tertiary/aromatic N) is 1. The number of rotatable bonds is 10. The Kier molecular flexibility index (Phi) is 9.71. The average Bonchev–Trinajstić information content (AvgIpc) is 2.78. The van der Waals surface area contributed by atoms with Crippen LogP contribution in [0.15, 0.2) is 64.8 Å². The zero-order chi connectivity index (χ0) is 22.6. The highest BCUT2D eigenvalue weighted by molar-refractivity contribution is 6.46. The van der Waals surface area contributed by atoms with Crippen molar-refractivity contribution in [3.05, 3.63) is 82.3 Å². The van der Waals surface area contributed by atoms with Gasteiger partial charge in [0.25, 0.3) is 5.91 Å². The number of carbonyl (C=O) groups is 2. The number of ether oxygens (including phenoxy) is 1. The van der Waals surface area contributed by atoms with Crippen molar-refractivity contribution >= 4 is 29.2 Å². The van der Waals surface area contributed by atoms with E-state index >= 15 is 0 Å². The zero-order valence-electron chi connectivity index (χ0n) is 17.2. The van der Waals surface area contributed by atoms with Crippen LogP contribution in [0.5, 0.6) is 0 Å². The third-order valence-corrected chi connectivity index (χ3v) is 4.46. The molecule has 2 aromatic rings. The van der Waals surface area contributed by atoms with Crippen LogP contribution in [0.3, 0.4) is 0 Å². The highest BCUT2D eigenvalue weighted by atomic mass is 35.5. The Bertz CT molecular complexity index is 962. The summed E-state index contributed by atoms with van der Waals surface area (Å²) in [6.07, 6.45) is 1.93. The number of halogens is 2. The van der Waals surface area contributed by atoms with Gasteiger partial charge in [-0.1, -0.05) is 48.9 Å². The van der Waals surface area contributed by atoms with E-state index in [0.29, 0.717) is 17.8 Å². The molecule has 8 heteroatoms. The first-order valence-electron chi connectivity index (χ1n) is 9.85. The summed E-state index contributed by atoms with van der Waals surface area (Å²) in [5, 5.41) is 2.75. The Morgan fingerprint density at radius 3 is 2.58 bits per heavy atom. The van der Waals surface area contributed by atoms with Gasteiger partial charge in [-0.05, 0) is 30.2 Å². The smallest absolute Gasteiger partial charge is 0.307 e. The second-order valence-electron chi connectivity index (χ2n) is 6.63. The maximum atomic E-state index is 14.1. The molecule has 1 amide bonds. The molecule has 0 saturated heterocycles. The van der Waals surface area contributed by atoms with Crippen molar-refractivity contribution in [2.45, 2.75) is 26.4 Å². The maximum Gasteiger partial charge on any atom is 0.307 e. The fraction of sp³-hybridized carbons (Fsp3) is 0.261. The molecular weight excluding hydrogens is 421 g/mol. The Morgan fingerprint density at radius 1 is 1.19 bits per heavy atom. The number of hydrogen-bond donors (Lipinski definition) is 2. The molecule has 2 rings (SSSR count). The van der Waals surface area contributed by atoms with Crippen LogP contribution in [0, 0.1) is 5.82 Å². The molecule has 31 heavy (non-hydrogen) atoms. The van der Waals surface area contributed by atoms with E-state index in [4.69, 9.17) is 22.1 Å². The van der Waals surface area contributed by atoms with Crippen LogP contribution in [0.1, 0.15) is 41.3 Å². The molecule has 0 radical (unpaired) electrons. The predicted octanol–water partition coefficient (Wildman–Crippen LogP) is 3.93. The Morgan fingerprint density at radius 2 is 1.90 bits per heavy atom. The lowest BCUT2D eigenvalue weighted by molar-refractivity contribution is -0.144. The number of nitrogens with one attached hydrogen (secondary N) is 1. The van der Waals surface area contributed by atoms with Crippen molar-refractivity contribution in [3.8, 4) is 0 Å². The molecule has 2 aromatic carbocycles. The summed E-state index contributed by atoms with van der Waals surface area (Å²) in [6.45, 7) is 2.63. The summed E-state index contributed by atoms with van der Waals surface area (Å²) in [7, 11) is 0. The molecule has 0 fully saturated rings. The number of allylic oxidation sites excluding steroid dienone is 1. The highest BCUT2D eigenvalue weighted by Crippen LogP contribution is 2.17. The van der Waals surface area contributed by atoms with Crippen LogP contribution in [0.25, 0.3) is 0 Å². The van der Waals surface area contributed by atoms with Crippen LogP contribution < -0.4 is 11.1 Å². The molecule has 0 aliphatic rings. The molecule has 3 N–H and O–H groups in total. The maximum absolute atomic E-state index is 14.1. The summed E-state index contributed by atoms with van der Waals surface area (Å²) in [5.74, 6) is -1.59. The van der Waals surface area contributed by atoms with Gasteiger partial charge in [-0.25, -0.2) is 4.39 Å². The molecule has 0 aromatic heterocycles. The zero-order valence-corrected chi connectivity index (χ0v) is 18.0. The molecule has 0 heterocycles. The average molecular weight is 446 g/mol. The van der Waals surface area contributed by atoms with Crippen LogP contribution in [-0.4, -0.2) is 30.7 Å². The van der Waals surface area contributed by atoms with E-state index in [1.165, 1.54) is 18.3 Å². The minimum Gasteiger partial charge on any atom is -0.461 e.